The number of alkyl halides is 3. The Hall–Kier alpha value is -2.52. The Morgan fingerprint density at radius 2 is 1.82 bits per heavy atom. The lowest BCUT2D eigenvalue weighted by Crippen LogP contribution is -2.39. The van der Waals surface area contributed by atoms with Crippen molar-refractivity contribution in [2.24, 2.45) is 5.92 Å². The van der Waals surface area contributed by atoms with Gasteiger partial charge in [0.05, 0.1) is 23.8 Å². The second-order valence-electron chi connectivity index (χ2n) is 8.38. The molecule has 3 heterocycles. The van der Waals surface area contributed by atoms with Crippen molar-refractivity contribution in [2.75, 3.05) is 54.5 Å². The number of carbonyl (C=O) groups excluding carboxylic acids is 1. The van der Waals surface area contributed by atoms with Crippen molar-refractivity contribution in [3.63, 3.8) is 0 Å². The predicted octanol–water partition coefficient (Wildman–Crippen LogP) is 4.75. The lowest BCUT2D eigenvalue weighted by molar-refractivity contribution is -0.137. The molecule has 0 radical (unpaired) electrons. The number of carbonyl (C=O) groups is 1. The third-order valence-electron chi connectivity index (χ3n) is 6.16. The van der Waals surface area contributed by atoms with Gasteiger partial charge in [-0.1, -0.05) is 11.6 Å². The first-order valence-corrected chi connectivity index (χ1v) is 11.3. The van der Waals surface area contributed by atoms with Gasteiger partial charge < -0.3 is 19.9 Å². The molecule has 1 aromatic carbocycles. The third-order valence-corrected chi connectivity index (χ3v) is 6.44. The van der Waals surface area contributed by atoms with Crippen LogP contribution in [0.5, 0.6) is 0 Å². The second kappa shape index (κ2) is 9.77. The van der Waals surface area contributed by atoms with E-state index in [0.29, 0.717) is 45.0 Å². The van der Waals surface area contributed by atoms with Crippen LogP contribution >= 0.6 is 11.6 Å². The average molecular weight is 483 g/mol. The molecule has 2 aromatic rings. The molecule has 0 saturated carbocycles. The van der Waals surface area contributed by atoms with Crippen LogP contribution in [0, 0.1) is 12.8 Å². The normalized spacial score (nSPS) is 17.8. The number of halogens is 4. The summed E-state index contributed by atoms with van der Waals surface area (Å²) >= 11 is 6.07. The van der Waals surface area contributed by atoms with Crippen LogP contribution in [0.1, 0.15) is 24.0 Å². The summed E-state index contributed by atoms with van der Waals surface area (Å²) in [4.78, 5) is 20.9. The largest absolute Gasteiger partial charge is 0.417 e. The maximum atomic E-state index is 12.8. The molecule has 4 rings (SSSR count). The maximum Gasteiger partial charge on any atom is 0.417 e. The Bertz CT molecular complexity index is 1000. The van der Waals surface area contributed by atoms with Crippen LogP contribution < -0.4 is 15.1 Å². The van der Waals surface area contributed by atoms with Gasteiger partial charge in [-0.15, -0.1) is 0 Å². The molecule has 0 aliphatic carbocycles. The van der Waals surface area contributed by atoms with E-state index in [9.17, 15) is 18.0 Å². The van der Waals surface area contributed by atoms with Crippen LogP contribution in [0.3, 0.4) is 0 Å². The minimum Gasteiger partial charge on any atom is -0.378 e. The van der Waals surface area contributed by atoms with Crippen molar-refractivity contribution in [1.29, 1.82) is 0 Å². The summed E-state index contributed by atoms with van der Waals surface area (Å²) in [5.74, 6) is 0.0780. The molecule has 33 heavy (non-hydrogen) atoms. The first-order valence-electron chi connectivity index (χ1n) is 10.9. The number of rotatable bonds is 4. The van der Waals surface area contributed by atoms with E-state index in [1.54, 1.807) is 0 Å². The Balaban J connectivity index is 1.34. The average Bonchev–Trinajstić information content (AvgIpc) is 2.80. The van der Waals surface area contributed by atoms with Crippen molar-refractivity contribution in [3.05, 3.63) is 46.6 Å². The monoisotopic (exact) mass is 482 g/mol. The van der Waals surface area contributed by atoms with E-state index in [1.165, 1.54) is 0 Å². The number of benzene rings is 1. The van der Waals surface area contributed by atoms with Crippen molar-refractivity contribution < 1.29 is 22.7 Å². The number of anilines is 3. The van der Waals surface area contributed by atoms with Gasteiger partial charge in [-0.05, 0) is 49.6 Å². The van der Waals surface area contributed by atoms with Crippen LogP contribution in [0.15, 0.2) is 30.5 Å². The zero-order valence-corrected chi connectivity index (χ0v) is 19.0. The summed E-state index contributed by atoms with van der Waals surface area (Å²) < 4.78 is 43.9. The summed E-state index contributed by atoms with van der Waals surface area (Å²) in [6.07, 6.45) is -2.56. The van der Waals surface area contributed by atoms with Crippen molar-refractivity contribution >= 4 is 34.7 Å². The standard InChI is InChI=1S/C23H26ClF3N4O2/c1-15-12-18(30-8-10-33-11-9-30)2-3-20(15)29-22(32)16-4-6-31(7-5-16)21-19(24)13-17(14-28-21)23(25,26)27/h2-3,12-14,16H,4-11H2,1H3,(H,29,32). The molecule has 2 saturated heterocycles. The molecule has 2 aliphatic rings. The number of amides is 1. The fourth-order valence-electron chi connectivity index (χ4n) is 4.21. The van der Waals surface area contributed by atoms with Gasteiger partial charge in [0.1, 0.15) is 5.82 Å². The quantitative estimate of drug-likeness (QED) is 0.681. The van der Waals surface area contributed by atoms with Gasteiger partial charge in [0, 0.05) is 49.7 Å². The van der Waals surface area contributed by atoms with Crippen molar-refractivity contribution in [1.82, 2.24) is 4.98 Å². The van der Waals surface area contributed by atoms with Gasteiger partial charge in [0.25, 0.3) is 0 Å². The molecule has 0 unspecified atom stereocenters. The Kier molecular flexibility index (Phi) is 6.99. The van der Waals surface area contributed by atoms with E-state index in [1.807, 2.05) is 24.0 Å². The van der Waals surface area contributed by atoms with Crippen LogP contribution in [0.2, 0.25) is 5.02 Å². The number of ether oxygens (including phenoxy) is 1. The summed E-state index contributed by atoms with van der Waals surface area (Å²) in [5.41, 5.74) is 2.01. The number of nitrogens with zero attached hydrogens (tertiary/aromatic N) is 3. The fourth-order valence-corrected chi connectivity index (χ4v) is 4.50. The predicted molar refractivity (Wildman–Crippen MR) is 122 cm³/mol. The highest BCUT2D eigenvalue weighted by molar-refractivity contribution is 6.33. The molecule has 10 heteroatoms. The molecule has 0 bridgehead atoms. The van der Waals surface area contributed by atoms with Gasteiger partial charge in [-0.25, -0.2) is 4.98 Å². The molecule has 0 atom stereocenters. The van der Waals surface area contributed by atoms with Crippen LogP contribution in [-0.4, -0.2) is 50.3 Å². The van der Waals surface area contributed by atoms with Crippen LogP contribution in [0.4, 0.5) is 30.4 Å². The lowest BCUT2D eigenvalue weighted by Gasteiger charge is -2.33. The fraction of sp³-hybridized carbons (Fsp3) is 0.478. The maximum absolute atomic E-state index is 12.8. The minimum atomic E-state index is -4.49. The van der Waals surface area contributed by atoms with Gasteiger partial charge >= 0.3 is 6.18 Å². The van der Waals surface area contributed by atoms with Gasteiger partial charge in [0.15, 0.2) is 0 Å². The van der Waals surface area contributed by atoms with Crippen LogP contribution in [0.25, 0.3) is 0 Å². The van der Waals surface area contributed by atoms with Crippen LogP contribution in [-0.2, 0) is 15.7 Å². The highest BCUT2D eigenvalue weighted by atomic mass is 35.5. The molecule has 1 amide bonds. The van der Waals surface area contributed by atoms with E-state index in [0.717, 1.165) is 42.3 Å². The van der Waals surface area contributed by atoms with E-state index in [2.05, 4.69) is 21.3 Å². The molecule has 2 fully saturated rings. The zero-order valence-electron chi connectivity index (χ0n) is 18.3. The zero-order chi connectivity index (χ0) is 23.6. The Morgan fingerprint density at radius 3 is 2.42 bits per heavy atom. The van der Waals surface area contributed by atoms with Crippen molar-refractivity contribution in [2.45, 2.75) is 25.9 Å². The minimum absolute atomic E-state index is 0.0382. The van der Waals surface area contributed by atoms with E-state index < -0.39 is 11.7 Å². The SMILES string of the molecule is Cc1cc(N2CCOCC2)ccc1NC(=O)C1CCN(c2ncc(C(F)(F)F)cc2Cl)CC1. The van der Waals surface area contributed by atoms with E-state index >= 15 is 0 Å². The van der Waals surface area contributed by atoms with Gasteiger partial charge in [0.2, 0.25) is 5.91 Å². The second-order valence-corrected chi connectivity index (χ2v) is 8.78. The van der Waals surface area contributed by atoms with Crippen molar-refractivity contribution in [3.8, 4) is 0 Å². The number of pyridine rings is 1. The first kappa shape index (κ1) is 23.6. The lowest BCUT2D eigenvalue weighted by atomic mass is 9.95. The number of piperidine rings is 1. The molecule has 1 N–H and O–H groups in total. The number of morpholine rings is 1. The molecule has 178 valence electrons. The topological polar surface area (TPSA) is 57.7 Å². The highest BCUT2D eigenvalue weighted by Gasteiger charge is 2.33. The molecular weight excluding hydrogens is 457 g/mol. The molecule has 1 aromatic heterocycles. The molecule has 6 nitrogen and oxygen atoms in total. The molecule has 0 spiro atoms. The number of aryl methyl sites for hydroxylation is 1. The number of nitrogens with one attached hydrogen (secondary N) is 1. The molecular formula is C23H26ClF3N4O2. The number of aromatic nitrogens is 1. The summed E-state index contributed by atoms with van der Waals surface area (Å²) in [7, 11) is 0. The number of hydrogen-bond acceptors (Lipinski definition) is 5. The summed E-state index contributed by atoms with van der Waals surface area (Å²) in [6.45, 7) is 6.08. The summed E-state index contributed by atoms with van der Waals surface area (Å²) in [6, 6.07) is 6.90. The third kappa shape index (κ3) is 5.52. The van der Waals surface area contributed by atoms with E-state index in [-0.39, 0.29) is 16.8 Å². The molecule has 2 aliphatic heterocycles. The first-order chi connectivity index (χ1) is 15.7. The summed E-state index contributed by atoms with van der Waals surface area (Å²) in [5, 5.41) is 2.99. The Labute approximate surface area is 195 Å². The number of hydrogen-bond donors (Lipinski definition) is 1. The smallest absolute Gasteiger partial charge is 0.378 e. The van der Waals surface area contributed by atoms with Gasteiger partial charge in [-0.3, -0.25) is 4.79 Å². The van der Waals surface area contributed by atoms with Gasteiger partial charge in [-0.2, -0.15) is 13.2 Å². The van der Waals surface area contributed by atoms with E-state index in [4.69, 9.17) is 16.3 Å². The highest BCUT2D eigenvalue weighted by Crippen LogP contribution is 2.35. The Morgan fingerprint density at radius 1 is 1.12 bits per heavy atom.